The molecular formula is C17H29NO. The van der Waals surface area contributed by atoms with Crippen molar-refractivity contribution in [2.45, 2.75) is 59.5 Å². The normalized spacial score (nSPS) is 13.9. The number of aliphatic hydroxyl groups is 1. The fourth-order valence-corrected chi connectivity index (χ4v) is 2.08. The van der Waals surface area contributed by atoms with Gasteiger partial charge in [0, 0.05) is 12.6 Å². The minimum Gasteiger partial charge on any atom is -0.395 e. The molecule has 0 amide bonds. The molecular weight excluding hydrogens is 234 g/mol. The highest BCUT2D eigenvalue weighted by atomic mass is 16.3. The molecule has 0 saturated heterocycles. The summed E-state index contributed by atoms with van der Waals surface area (Å²) in [5, 5.41) is 12.8. The van der Waals surface area contributed by atoms with Crippen LogP contribution >= 0.6 is 0 Å². The number of nitrogens with one attached hydrogen (secondary N) is 1. The molecule has 0 spiro atoms. The second kappa shape index (κ2) is 6.53. The van der Waals surface area contributed by atoms with Gasteiger partial charge in [0.2, 0.25) is 0 Å². The van der Waals surface area contributed by atoms with Crippen LogP contribution in [0.2, 0.25) is 0 Å². The van der Waals surface area contributed by atoms with Gasteiger partial charge in [0.05, 0.1) is 6.61 Å². The maximum Gasteiger partial charge on any atom is 0.0587 e. The topological polar surface area (TPSA) is 32.3 Å². The number of aliphatic hydroxyl groups excluding tert-OH is 1. The van der Waals surface area contributed by atoms with E-state index in [9.17, 15) is 5.11 Å². The summed E-state index contributed by atoms with van der Waals surface area (Å²) in [6.45, 7) is 14.1. The Morgan fingerprint density at radius 3 is 2.32 bits per heavy atom. The van der Waals surface area contributed by atoms with E-state index >= 15 is 0 Å². The van der Waals surface area contributed by atoms with Gasteiger partial charge < -0.3 is 10.4 Å². The molecule has 0 aliphatic carbocycles. The van der Waals surface area contributed by atoms with Gasteiger partial charge in [0.1, 0.15) is 0 Å². The monoisotopic (exact) mass is 263 g/mol. The van der Waals surface area contributed by atoms with Gasteiger partial charge in [0.25, 0.3) is 0 Å². The van der Waals surface area contributed by atoms with Crippen LogP contribution in [0.4, 0.5) is 0 Å². The van der Waals surface area contributed by atoms with Gasteiger partial charge >= 0.3 is 0 Å². The third kappa shape index (κ3) is 4.63. The van der Waals surface area contributed by atoms with Crippen molar-refractivity contribution in [1.82, 2.24) is 5.32 Å². The number of hydrogen-bond acceptors (Lipinski definition) is 2. The van der Waals surface area contributed by atoms with Crippen LogP contribution in [0.15, 0.2) is 18.2 Å². The second-order valence-electron chi connectivity index (χ2n) is 6.81. The predicted molar refractivity (Wildman–Crippen MR) is 82.4 cm³/mol. The van der Waals surface area contributed by atoms with Crippen LogP contribution in [-0.2, 0) is 12.0 Å². The van der Waals surface area contributed by atoms with Crippen LogP contribution in [0.3, 0.4) is 0 Å². The zero-order valence-corrected chi connectivity index (χ0v) is 13.2. The Morgan fingerprint density at radius 2 is 1.84 bits per heavy atom. The lowest BCUT2D eigenvalue weighted by Gasteiger charge is -2.23. The Morgan fingerprint density at radius 1 is 1.21 bits per heavy atom. The van der Waals surface area contributed by atoms with E-state index < -0.39 is 0 Å². The van der Waals surface area contributed by atoms with Gasteiger partial charge in [-0.05, 0) is 34.9 Å². The Balaban J connectivity index is 2.83. The van der Waals surface area contributed by atoms with Gasteiger partial charge in [-0.2, -0.15) is 0 Å². The van der Waals surface area contributed by atoms with Crippen molar-refractivity contribution < 1.29 is 5.11 Å². The van der Waals surface area contributed by atoms with Crippen molar-refractivity contribution in [3.05, 3.63) is 34.9 Å². The fourth-order valence-electron chi connectivity index (χ4n) is 2.08. The van der Waals surface area contributed by atoms with E-state index in [4.69, 9.17) is 0 Å². The predicted octanol–water partition coefficient (Wildman–Crippen LogP) is 3.40. The maximum atomic E-state index is 9.37. The molecule has 1 rings (SSSR count). The van der Waals surface area contributed by atoms with Crippen molar-refractivity contribution in [3.63, 3.8) is 0 Å². The molecule has 0 saturated carbocycles. The lowest BCUT2D eigenvalue weighted by atomic mass is 9.85. The molecule has 0 aliphatic heterocycles. The lowest BCUT2D eigenvalue weighted by molar-refractivity contribution is 0.210. The Bertz CT molecular complexity index is 404. The van der Waals surface area contributed by atoms with Crippen LogP contribution in [-0.4, -0.2) is 17.8 Å². The molecule has 0 aromatic heterocycles. The zero-order chi connectivity index (χ0) is 14.6. The van der Waals surface area contributed by atoms with Crippen molar-refractivity contribution >= 4 is 0 Å². The summed E-state index contributed by atoms with van der Waals surface area (Å²) in [5.74, 6) is 0.441. The molecule has 1 aromatic rings. The summed E-state index contributed by atoms with van der Waals surface area (Å²) in [6, 6.07) is 6.86. The third-order valence-electron chi connectivity index (χ3n) is 3.77. The molecule has 0 fully saturated rings. The highest BCUT2D eigenvalue weighted by molar-refractivity contribution is 5.34. The van der Waals surface area contributed by atoms with Crippen molar-refractivity contribution in [2.75, 3.05) is 6.61 Å². The van der Waals surface area contributed by atoms with Crippen LogP contribution < -0.4 is 5.32 Å². The zero-order valence-electron chi connectivity index (χ0n) is 13.2. The van der Waals surface area contributed by atoms with Crippen molar-refractivity contribution in [2.24, 2.45) is 5.92 Å². The quantitative estimate of drug-likeness (QED) is 0.853. The Labute approximate surface area is 118 Å². The highest BCUT2D eigenvalue weighted by Gasteiger charge is 2.16. The summed E-state index contributed by atoms with van der Waals surface area (Å²) in [4.78, 5) is 0. The van der Waals surface area contributed by atoms with E-state index in [2.05, 4.69) is 65.1 Å². The number of rotatable bonds is 5. The van der Waals surface area contributed by atoms with Gasteiger partial charge in [0.15, 0.2) is 0 Å². The molecule has 2 N–H and O–H groups in total. The minimum atomic E-state index is 0.165. The minimum absolute atomic E-state index is 0.165. The second-order valence-corrected chi connectivity index (χ2v) is 6.81. The molecule has 0 bridgehead atoms. The summed E-state index contributed by atoms with van der Waals surface area (Å²) in [5.41, 5.74) is 4.17. The third-order valence-corrected chi connectivity index (χ3v) is 3.77. The van der Waals surface area contributed by atoms with Gasteiger partial charge in [-0.25, -0.2) is 0 Å². The van der Waals surface area contributed by atoms with Crippen LogP contribution in [0, 0.1) is 12.8 Å². The molecule has 1 aromatic carbocycles. The van der Waals surface area contributed by atoms with Gasteiger partial charge in [-0.1, -0.05) is 52.8 Å². The summed E-state index contributed by atoms with van der Waals surface area (Å²) in [7, 11) is 0. The summed E-state index contributed by atoms with van der Waals surface area (Å²) < 4.78 is 0. The number of aryl methyl sites for hydroxylation is 1. The van der Waals surface area contributed by atoms with E-state index in [0.29, 0.717) is 5.92 Å². The molecule has 0 aliphatic rings. The molecule has 2 heteroatoms. The van der Waals surface area contributed by atoms with Gasteiger partial charge in [-0.3, -0.25) is 0 Å². The molecule has 0 heterocycles. The molecule has 1 atom stereocenters. The smallest absolute Gasteiger partial charge is 0.0587 e. The largest absolute Gasteiger partial charge is 0.395 e. The highest BCUT2D eigenvalue weighted by Crippen LogP contribution is 2.24. The molecule has 1 unspecified atom stereocenters. The Kier molecular flexibility index (Phi) is 5.57. The SMILES string of the molecule is Cc1ccc(C(C)(C)C)cc1CNC(CO)C(C)C. The van der Waals surface area contributed by atoms with Gasteiger partial charge in [-0.15, -0.1) is 0 Å². The first-order chi connectivity index (χ1) is 8.75. The van der Waals surface area contributed by atoms with E-state index in [0.717, 1.165) is 6.54 Å². The fraction of sp³-hybridized carbons (Fsp3) is 0.647. The number of benzene rings is 1. The molecule has 2 nitrogen and oxygen atoms in total. The van der Waals surface area contributed by atoms with E-state index in [1.807, 2.05) is 0 Å². The summed E-state index contributed by atoms with van der Waals surface area (Å²) in [6.07, 6.45) is 0. The molecule has 108 valence electrons. The van der Waals surface area contributed by atoms with Crippen LogP contribution in [0.25, 0.3) is 0 Å². The van der Waals surface area contributed by atoms with E-state index in [1.54, 1.807) is 0 Å². The standard InChI is InChI=1S/C17H29NO/c1-12(2)16(11-19)18-10-14-9-15(17(4,5)6)8-7-13(14)3/h7-9,12,16,18-19H,10-11H2,1-6H3. The lowest BCUT2D eigenvalue weighted by Crippen LogP contribution is -2.36. The molecule has 0 radical (unpaired) electrons. The average molecular weight is 263 g/mol. The maximum absolute atomic E-state index is 9.37. The Hall–Kier alpha value is -0.860. The first-order valence-corrected chi connectivity index (χ1v) is 7.20. The van der Waals surface area contributed by atoms with E-state index in [1.165, 1.54) is 16.7 Å². The average Bonchev–Trinajstić information content (AvgIpc) is 2.30. The van der Waals surface area contributed by atoms with E-state index in [-0.39, 0.29) is 18.1 Å². The first-order valence-electron chi connectivity index (χ1n) is 7.20. The van der Waals surface area contributed by atoms with Crippen molar-refractivity contribution in [1.29, 1.82) is 0 Å². The first kappa shape index (κ1) is 16.2. The molecule has 19 heavy (non-hydrogen) atoms. The summed E-state index contributed by atoms with van der Waals surface area (Å²) >= 11 is 0. The van der Waals surface area contributed by atoms with Crippen molar-refractivity contribution in [3.8, 4) is 0 Å². The van der Waals surface area contributed by atoms with Crippen LogP contribution in [0.1, 0.15) is 51.3 Å². The van der Waals surface area contributed by atoms with Crippen LogP contribution in [0.5, 0.6) is 0 Å². The number of hydrogen-bond donors (Lipinski definition) is 2.